The lowest BCUT2D eigenvalue weighted by atomic mass is 9.87. The summed E-state index contributed by atoms with van der Waals surface area (Å²) < 4.78 is 0. The van der Waals surface area contributed by atoms with E-state index in [2.05, 4.69) is 51.7 Å². The Hall–Kier alpha value is -2.93. The average Bonchev–Trinajstić information content (AvgIpc) is 3.25. The molecule has 1 aliphatic carbocycles. The molecule has 1 saturated carbocycles. The van der Waals surface area contributed by atoms with Crippen molar-refractivity contribution in [1.29, 1.82) is 0 Å². The van der Waals surface area contributed by atoms with Crippen LogP contribution in [0.5, 0.6) is 0 Å². The van der Waals surface area contributed by atoms with Crippen molar-refractivity contribution in [3.63, 3.8) is 0 Å². The van der Waals surface area contributed by atoms with Crippen LogP contribution in [0.25, 0.3) is 27.5 Å². The van der Waals surface area contributed by atoms with Gasteiger partial charge in [-0.05, 0) is 62.7 Å². The molecule has 0 atom stereocenters. The number of aliphatic imine (C=N–C) groups is 1. The van der Waals surface area contributed by atoms with Gasteiger partial charge in [-0.25, -0.2) is 9.97 Å². The lowest BCUT2D eigenvalue weighted by molar-refractivity contribution is 0.361. The third-order valence-electron chi connectivity index (χ3n) is 5.94. The van der Waals surface area contributed by atoms with Crippen molar-refractivity contribution in [2.24, 2.45) is 10.9 Å². The molecule has 6 nitrogen and oxygen atoms in total. The molecule has 7 heteroatoms. The predicted molar refractivity (Wildman–Crippen MR) is 134 cm³/mol. The van der Waals surface area contributed by atoms with Crippen molar-refractivity contribution >= 4 is 28.9 Å². The van der Waals surface area contributed by atoms with E-state index in [4.69, 9.17) is 9.97 Å². The minimum Gasteiger partial charge on any atom is -0.367 e. The Morgan fingerprint density at radius 1 is 1.19 bits per heavy atom. The Morgan fingerprint density at radius 3 is 2.69 bits per heavy atom. The van der Waals surface area contributed by atoms with Crippen LogP contribution < -0.4 is 5.32 Å². The number of nitrogens with one attached hydrogen (secondary N) is 1. The maximum atomic E-state index is 4.98. The summed E-state index contributed by atoms with van der Waals surface area (Å²) in [5.74, 6) is 2.35. The van der Waals surface area contributed by atoms with Gasteiger partial charge in [-0.15, -0.1) is 10.2 Å². The molecular formula is C25H30N6S. The largest absolute Gasteiger partial charge is 0.367 e. The van der Waals surface area contributed by atoms with E-state index < -0.39 is 0 Å². The van der Waals surface area contributed by atoms with Gasteiger partial charge in [-0.1, -0.05) is 42.5 Å². The van der Waals surface area contributed by atoms with Gasteiger partial charge in [0.15, 0.2) is 10.8 Å². The van der Waals surface area contributed by atoms with Crippen molar-refractivity contribution in [2.75, 3.05) is 12.4 Å². The molecule has 32 heavy (non-hydrogen) atoms. The molecule has 1 aliphatic rings. The summed E-state index contributed by atoms with van der Waals surface area (Å²) in [4.78, 5) is 13.9. The lowest BCUT2D eigenvalue weighted by Gasteiger charge is -2.28. The molecule has 0 aliphatic heterocycles. The number of benzene rings is 1. The smallest absolute Gasteiger partial charge is 0.161 e. The minimum atomic E-state index is 0.420. The number of rotatable bonds is 6. The first-order valence-corrected chi connectivity index (χ1v) is 12.0. The molecule has 0 unspecified atom stereocenters. The fourth-order valence-corrected chi connectivity index (χ4v) is 4.79. The number of aromatic nitrogens is 4. The van der Waals surface area contributed by atoms with Gasteiger partial charge in [-0.3, -0.25) is 4.99 Å². The van der Waals surface area contributed by atoms with E-state index in [9.17, 15) is 0 Å². The molecule has 1 fully saturated rings. The third-order valence-corrected chi connectivity index (χ3v) is 6.81. The number of allylic oxidation sites excluding steroid dienone is 2. The van der Waals surface area contributed by atoms with Gasteiger partial charge in [0.2, 0.25) is 0 Å². The quantitative estimate of drug-likeness (QED) is 0.465. The van der Waals surface area contributed by atoms with Crippen LogP contribution in [0, 0.1) is 12.8 Å². The minimum absolute atomic E-state index is 0.420. The van der Waals surface area contributed by atoms with Crippen LogP contribution >= 0.6 is 11.3 Å². The number of aryl methyl sites for hydroxylation is 1. The standard InChI is InChI=1S/C25H30N6S/c1-5-18(14-26-4)19-7-6-8-20(13-19)23-27-15-22(25-31-30-17(3)32-25)24(29-23)28-21-11-9-16(2)10-12-21/h5-8,13-16,21H,9-12H2,1-4H3,(H,27,28,29)/b18-5+,26-14-. The number of hydrogen-bond acceptors (Lipinski definition) is 7. The zero-order chi connectivity index (χ0) is 22.5. The number of hydrogen-bond donors (Lipinski definition) is 1. The highest BCUT2D eigenvalue weighted by molar-refractivity contribution is 7.14. The van der Waals surface area contributed by atoms with E-state index in [0.717, 1.165) is 56.9 Å². The highest BCUT2D eigenvalue weighted by Crippen LogP contribution is 2.33. The maximum absolute atomic E-state index is 4.98. The van der Waals surface area contributed by atoms with E-state index in [-0.39, 0.29) is 0 Å². The second-order valence-corrected chi connectivity index (χ2v) is 9.58. The summed E-state index contributed by atoms with van der Waals surface area (Å²) in [6.45, 7) is 6.33. The summed E-state index contributed by atoms with van der Waals surface area (Å²) in [5, 5.41) is 14.0. The first-order valence-electron chi connectivity index (χ1n) is 11.2. The van der Waals surface area contributed by atoms with Crippen LogP contribution in [0.4, 0.5) is 5.82 Å². The van der Waals surface area contributed by atoms with Crippen molar-refractivity contribution in [2.45, 2.75) is 52.5 Å². The summed E-state index contributed by atoms with van der Waals surface area (Å²) in [5.41, 5.74) is 4.07. The molecule has 0 spiro atoms. The van der Waals surface area contributed by atoms with Crippen LogP contribution in [-0.4, -0.2) is 39.5 Å². The van der Waals surface area contributed by atoms with Crippen molar-refractivity contribution in [3.8, 4) is 22.0 Å². The van der Waals surface area contributed by atoms with Crippen molar-refractivity contribution in [3.05, 3.63) is 47.1 Å². The Labute approximate surface area is 194 Å². The first kappa shape index (κ1) is 22.3. The Morgan fingerprint density at radius 2 is 2.00 bits per heavy atom. The molecule has 2 heterocycles. The molecule has 3 aromatic rings. The van der Waals surface area contributed by atoms with Gasteiger partial charge < -0.3 is 5.32 Å². The van der Waals surface area contributed by atoms with E-state index in [0.29, 0.717) is 11.9 Å². The van der Waals surface area contributed by atoms with Gasteiger partial charge in [0.1, 0.15) is 10.8 Å². The molecule has 4 rings (SSSR count). The van der Waals surface area contributed by atoms with Crippen LogP contribution in [0.1, 0.15) is 50.1 Å². The molecule has 0 amide bonds. The fourth-order valence-electron chi connectivity index (χ4n) is 4.08. The maximum Gasteiger partial charge on any atom is 0.161 e. The van der Waals surface area contributed by atoms with Crippen LogP contribution in [0.2, 0.25) is 0 Å². The average molecular weight is 447 g/mol. The molecule has 166 valence electrons. The monoisotopic (exact) mass is 446 g/mol. The van der Waals surface area contributed by atoms with E-state index >= 15 is 0 Å². The topological polar surface area (TPSA) is 76.0 Å². The molecule has 1 N–H and O–H groups in total. The summed E-state index contributed by atoms with van der Waals surface area (Å²) in [6.07, 6.45) is 10.6. The van der Waals surface area contributed by atoms with Gasteiger partial charge in [0.25, 0.3) is 0 Å². The zero-order valence-corrected chi connectivity index (χ0v) is 20.0. The molecular weight excluding hydrogens is 416 g/mol. The Kier molecular flexibility index (Phi) is 7.05. The highest BCUT2D eigenvalue weighted by Gasteiger charge is 2.21. The van der Waals surface area contributed by atoms with Crippen LogP contribution in [0.3, 0.4) is 0 Å². The number of nitrogens with zero attached hydrogens (tertiary/aromatic N) is 5. The fraction of sp³-hybridized carbons (Fsp3) is 0.400. The molecule has 2 aromatic heterocycles. The molecule has 0 bridgehead atoms. The zero-order valence-electron chi connectivity index (χ0n) is 19.2. The van der Waals surface area contributed by atoms with Gasteiger partial charge in [0.05, 0.1) is 5.56 Å². The summed E-state index contributed by atoms with van der Waals surface area (Å²) in [6, 6.07) is 8.71. The first-order chi connectivity index (χ1) is 15.6. The molecule has 1 aromatic carbocycles. The predicted octanol–water partition coefficient (Wildman–Crippen LogP) is 6.07. The van der Waals surface area contributed by atoms with E-state index in [1.165, 1.54) is 12.8 Å². The number of anilines is 1. The van der Waals surface area contributed by atoms with Crippen molar-refractivity contribution in [1.82, 2.24) is 20.2 Å². The molecule has 0 radical (unpaired) electrons. The molecule has 0 saturated heterocycles. The van der Waals surface area contributed by atoms with Gasteiger partial charge >= 0.3 is 0 Å². The third kappa shape index (κ3) is 5.10. The normalized spacial score (nSPS) is 19.4. The lowest BCUT2D eigenvalue weighted by Crippen LogP contribution is -2.26. The van der Waals surface area contributed by atoms with Crippen molar-refractivity contribution < 1.29 is 0 Å². The van der Waals surface area contributed by atoms with Gasteiger partial charge in [0, 0.05) is 31.1 Å². The second kappa shape index (κ2) is 10.1. The second-order valence-electron chi connectivity index (χ2n) is 8.40. The summed E-state index contributed by atoms with van der Waals surface area (Å²) >= 11 is 1.57. The van der Waals surface area contributed by atoms with Crippen LogP contribution in [-0.2, 0) is 0 Å². The van der Waals surface area contributed by atoms with E-state index in [1.54, 1.807) is 18.4 Å². The SMILES string of the molecule is C/C=C(\C=N/C)c1cccc(-c2ncc(-c3nnc(C)s3)c(NC3CCC(C)CC3)n2)c1. The Balaban J connectivity index is 1.71. The summed E-state index contributed by atoms with van der Waals surface area (Å²) in [7, 11) is 1.79. The Bertz CT molecular complexity index is 1120. The van der Waals surface area contributed by atoms with Crippen LogP contribution in [0.15, 0.2) is 41.5 Å². The van der Waals surface area contributed by atoms with Gasteiger partial charge in [-0.2, -0.15) is 0 Å². The van der Waals surface area contributed by atoms with E-state index in [1.807, 2.05) is 32.3 Å². The highest BCUT2D eigenvalue weighted by atomic mass is 32.1.